The van der Waals surface area contributed by atoms with E-state index in [-0.39, 0.29) is 24.8 Å². The van der Waals surface area contributed by atoms with E-state index in [9.17, 15) is 0 Å². The van der Waals surface area contributed by atoms with E-state index in [1.54, 1.807) is 14.2 Å². The zero-order valence-corrected chi connectivity index (χ0v) is 12.6. The lowest BCUT2D eigenvalue weighted by Gasteiger charge is -2.21. The Balaban J connectivity index is 1.75. The average Bonchev–Trinajstić information content (AvgIpc) is 3.13. The van der Waals surface area contributed by atoms with Crippen LogP contribution < -0.4 is 0 Å². The fraction of sp³-hybridized carbons (Fsp3) is 0.333. The zero-order valence-electron chi connectivity index (χ0n) is 12.6. The van der Waals surface area contributed by atoms with Gasteiger partial charge in [0.2, 0.25) is 0 Å². The Bertz CT molecular complexity index is 625. The first kappa shape index (κ1) is 13.9. The highest BCUT2D eigenvalue weighted by atomic mass is 16.7. The highest BCUT2D eigenvalue weighted by molar-refractivity contribution is 5.40. The summed E-state index contributed by atoms with van der Waals surface area (Å²) in [5, 5.41) is 0. The molecule has 2 aromatic rings. The van der Waals surface area contributed by atoms with E-state index in [0.29, 0.717) is 0 Å². The molecule has 0 saturated heterocycles. The van der Waals surface area contributed by atoms with Gasteiger partial charge in [-0.1, -0.05) is 48.5 Å². The van der Waals surface area contributed by atoms with E-state index in [1.165, 1.54) is 0 Å². The molecule has 114 valence electrons. The van der Waals surface area contributed by atoms with Gasteiger partial charge in [-0.05, 0) is 11.1 Å². The molecule has 4 atom stereocenters. The van der Waals surface area contributed by atoms with Crippen molar-refractivity contribution in [1.29, 1.82) is 0 Å². The van der Waals surface area contributed by atoms with E-state index in [1.807, 2.05) is 36.4 Å². The maximum Gasteiger partial charge on any atom is 0.184 e. The SMILES string of the molecule is COC1OC(C2OC(OC)c3ccccc32)c2ccccc21. The molecule has 4 rings (SSSR count). The number of hydrogen-bond acceptors (Lipinski definition) is 4. The predicted molar refractivity (Wildman–Crippen MR) is 80.0 cm³/mol. The van der Waals surface area contributed by atoms with Crippen molar-refractivity contribution in [3.05, 3.63) is 70.8 Å². The normalized spacial score (nSPS) is 29.4. The first-order valence-corrected chi connectivity index (χ1v) is 7.37. The fourth-order valence-electron chi connectivity index (χ4n) is 3.36. The topological polar surface area (TPSA) is 36.9 Å². The van der Waals surface area contributed by atoms with Gasteiger partial charge in [0.15, 0.2) is 12.6 Å². The van der Waals surface area contributed by atoms with Crippen LogP contribution in [0, 0.1) is 0 Å². The van der Waals surface area contributed by atoms with Crippen molar-refractivity contribution in [2.45, 2.75) is 24.8 Å². The molecule has 2 aliphatic rings. The van der Waals surface area contributed by atoms with Crippen LogP contribution in [0.15, 0.2) is 48.5 Å². The summed E-state index contributed by atoms with van der Waals surface area (Å²) < 4.78 is 23.1. The summed E-state index contributed by atoms with van der Waals surface area (Å²) in [6, 6.07) is 16.3. The van der Waals surface area contributed by atoms with Gasteiger partial charge in [-0.2, -0.15) is 0 Å². The summed E-state index contributed by atoms with van der Waals surface area (Å²) in [4.78, 5) is 0. The molecule has 0 amide bonds. The zero-order chi connectivity index (χ0) is 15.1. The molecule has 2 aliphatic heterocycles. The number of rotatable bonds is 3. The monoisotopic (exact) mass is 298 g/mol. The summed E-state index contributed by atoms with van der Waals surface area (Å²) >= 11 is 0. The molecule has 0 aromatic heterocycles. The Hall–Kier alpha value is -1.72. The summed E-state index contributed by atoms with van der Waals surface area (Å²) in [6.07, 6.45) is -1.08. The lowest BCUT2D eigenvalue weighted by molar-refractivity contribution is -0.211. The van der Waals surface area contributed by atoms with Crippen molar-refractivity contribution in [2.75, 3.05) is 14.2 Å². The average molecular weight is 298 g/mol. The van der Waals surface area contributed by atoms with Crippen LogP contribution in [0.25, 0.3) is 0 Å². The second kappa shape index (κ2) is 5.48. The Kier molecular flexibility index (Phi) is 3.47. The number of ether oxygens (including phenoxy) is 4. The molecule has 0 fully saturated rings. The van der Waals surface area contributed by atoms with Crippen molar-refractivity contribution in [3.63, 3.8) is 0 Å². The maximum atomic E-state index is 6.11. The second-order valence-corrected chi connectivity index (χ2v) is 5.51. The predicted octanol–water partition coefficient (Wildman–Crippen LogP) is 3.82. The van der Waals surface area contributed by atoms with E-state index in [2.05, 4.69) is 12.1 Å². The first-order valence-electron chi connectivity index (χ1n) is 7.37. The van der Waals surface area contributed by atoms with Crippen molar-refractivity contribution in [1.82, 2.24) is 0 Å². The van der Waals surface area contributed by atoms with Crippen molar-refractivity contribution in [2.24, 2.45) is 0 Å². The highest BCUT2D eigenvalue weighted by Crippen LogP contribution is 2.52. The van der Waals surface area contributed by atoms with Crippen LogP contribution in [0.1, 0.15) is 47.0 Å². The molecule has 22 heavy (non-hydrogen) atoms. The molecule has 0 radical (unpaired) electrons. The number of benzene rings is 2. The molecule has 2 heterocycles. The molecular formula is C18H18O4. The molecule has 0 saturated carbocycles. The number of fused-ring (bicyclic) bond motifs is 2. The van der Waals surface area contributed by atoms with Gasteiger partial charge in [-0.15, -0.1) is 0 Å². The number of methoxy groups -OCH3 is 2. The fourth-order valence-corrected chi connectivity index (χ4v) is 3.36. The summed E-state index contributed by atoms with van der Waals surface area (Å²) in [5.41, 5.74) is 4.37. The maximum absolute atomic E-state index is 6.11. The lowest BCUT2D eigenvalue weighted by Crippen LogP contribution is -2.11. The van der Waals surface area contributed by atoms with E-state index >= 15 is 0 Å². The second-order valence-electron chi connectivity index (χ2n) is 5.51. The van der Waals surface area contributed by atoms with Crippen molar-refractivity contribution >= 4 is 0 Å². The van der Waals surface area contributed by atoms with Crippen molar-refractivity contribution < 1.29 is 18.9 Å². The summed E-state index contributed by atoms with van der Waals surface area (Å²) in [5.74, 6) is 0. The standard InChI is InChI=1S/C18H18O4/c1-19-17-13-9-5-3-7-11(13)15(21-17)16-12-8-4-6-10-14(12)18(20-2)22-16/h3-10,15-18H,1-2H3. The van der Waals surface area contributed by atoms with Gasteiger partial charge in [0, 0.05) is 25.3 Å². The summed E-state index contributed by atoms with van der Waals surface area (Å²) in [6.45, 7) is 0. The minimum absolute atomic E-state index is 0.192. The molecule has 0 spiro atoms. The van der Waals surface area contributed by atoms with E-state index in [4.69, 9.17) is 18.9 Å². The minimum atomic E-state index is -0.349. The molecule has 4 unspecified atom stereocenters. The smallest absolute Gasteiger partial charge is 0.184 e. The molecule has 4 nitrogen and oxygen atoms in total. The molecular weight excluding hydrogens is 280 g/mol. The Morgan fingerprint density at radius 2 is 1.00 bits per heavy atom. The number of hydrogen-bond donors (Lipinski definition) is 0. The van der Waals surface area contributed by atoms with Gasteiger partial charge in [0.1, 0.15) is 12.2 Å². The van der Waals surface area contributed by atoms with Crippen LogP contribution in [0.2, 0.25) is 0 Å². The molecule has 2 aromatic carbocycles. The Morgan fingerprint density at radius 3 is 1.36 bits per heavy atom. The Morgan fingerprint density at radius 1 is 0.636 bits per heavy atom. The largest absolute Gasteiger partial charge is 0.352 e. The van der Waals surface area contributed by atoms with Crippen LogP contribution in [0.4, 0.5) is 0 Å². The quantitative estimate of drug-likeness (QED) is 0.863. The van der Waals surface area contributed by atoms with E-state index < -0.39 is 0 Å². The van der Waals surface area contributed by atoms with Gasteiger partial charge in [0.25, 0.3) is 0 Å². The third-order valence-electron chi connectivity index (χ3n) is 4.36. The van der Waals surface area contributed by atoms with E-state index in [0.717, 1.165) is 22.3 Å². The summed E-state index contributed by atoms with van der Waals surface area (Å²) in [7, 11) is 3.32. The Labute approximate surface area is 129 Å². The van der Waals surface area contributed by atoms with Crippen LogP contribution in [-0.2, 0) is 18.9 Å². The van der Waals surface area contributed by atoms with Crippen molar-refractivity contribution in [3.8, 4) is 0 Å². The third kappa shape index (κ3) is 2.00. The van der Waals surface area contributed by atoms with Gasteiger partial charge < -0.3 is 18.9 Å². The minimum Gasteiger partial charge on any atom is -0.352 e. The van der Waals surface area contributed by atoms with Gasteiger partial charge >= 0.3 is 0 Å². The van der Waals surface area contributed by atoms with Crippen LogP contribution in [-0.4, -0.2) is 14.2 Å². The van der Waals surface area contributed by atoms with Gasteiger partial charge in [-0.25, -0.2) is 0 Å². The van der Waals surface area contributed by atoms with Crippen LogP contribution >= 0.6 is 0 Å². The molecule has 0 N–H and O–H groups in total. The molecule has 0 bridgehead atoms. The van der Waals surface area contributed by atoms with Crippen LogP contribution in [0.3, 0.4) is 0 Å². The van der Waals surface area contributed by atoms with Crippen LogP contribution in [0.5, 0.6) is 0 Å². The van der Waals surface area contributed by atoms with Gasteiger partial charge in [0.05, 0.1) is 0 Å². The molecule has 4 heteroatoms. The van der Waals surface area contributed by atoms with Gasteiger partial charge in [-0.3, -0.25) is 0 Å². The highest BCUT2D eigenvalue weighted by Gasteiger charge is 2.43. The molecule has 0 aliphatic carbocycles. The third-order valence-corrected chi connectivity index (χ3v) is 4.36. The first-order chi connectivity index (χ1) is 10.8. The lowest BCUT2D eigenvalue weighted by atomic mass is 9.95.